The SMILES string of the molecule is Cc1ccccc1NS(=O)(=O)c1ccc(C)c(C(=O)N2CCN(Cc3cccnc3)CC2)c1. The largest absolute Gasteiger partial charge is 0.336 e. The molecular formula is C25H28N4O3S. The van der Waals surface area contributed by atoms with Crippen LogP contribution in [0.1, 0.15) is 27.0 Å². The number of aryl methyl sites for hydroxylation is 2. The van der Waals surface area contributed by atoms with Gasteiger partial charge in [0.15, 0.2) is 0 Å². The van der Waals surface area contributed by atoms with Gasteiger partial charge in [-0.2, -0.15) is 0 Å². The Kier molecular flexibility index (Phi) is 6.76. The van der Waals surface area contributed by atoms with E-state index < -0.39 is 10.0 Å². The maximum absolute atomic E-state index is 13.3. The van der Waals surface area contributed by atoms with E-state index in [0.29, 0.717) is 24.3 Å². The van der Waals surface area contributed by atoms with Crippen molar-refractivity contribution in [1.29, 1.82) is 0 Å². The minimum absolute atomic E-state index is 0.0786. The zero-order chi connectivity index (χ0) is 23.4. The Morgan fingerprint density at radius 2 is 1.73 bits per heavy atom. The van der Waals surface area contributed by atoms with Gasteiger partial charge in [-0.05, 0) is 54.8 Å². The first-order valence-corrected chi connectivity index (χ1v) is 12.4. The summed E-state index contributed by atoms with van der Waals surface area (Å²) in [5.74, 6) is -0.138. The van der Waals surface area contributed by atoms with Gasteiger partial charge in [-0.3, -0.25) is 19.4 Å². The number of amides is 1. The van der Waals surface area contributed by atoms with Gasteiger partial charge >= 0.3 is 0 Å². The average Bonchev–Trinajstić information content (AvgIpc) is 2.81. The first-order valence-electron chi connectivity index (χ1n) is 10.9. The number of carbonyl (C=O) groups is 1. The predicted molar refractivity (Wildman–Crippen MR) is 129 cm³/mol. The van der Waals surface area contributed by atoms with Crippen LogP contribution in [0.15, 0.2) is 71.9 Å². The highest BCUT2D eigenvalue weighted by atomic mass is 32.2. The molecule has 8 heteroatoms. The molecule has 1 aliphatic heterocycles. The molecule has 2 heterocycles. The summed E-state index contributed by atoms with van der Waals surface area (Å²) in [6.07, 6.45) is 3.62. The van der Waals surface area contributed by atoms with Gasteiger partial charge in [0.05, 0.1) is 10.6 Å². The number of anilines is 1. The maximum Gasteiger partial charge on any atom is 0.261 e. The highest BCUT2D eigenvalue weighted by molar-refractivity contribution is 7.92. The molecule has 1 N–H and O–H groups in total. The zero-order valence-corrected chi connectivity index (χ0v) is 19.7. The van der Waals surface area contributed by atoms with Crippen molar-refractivity contribution in [3.63, 3.8) is 0 Å². The topological polar surface area (TPSA) is 82.6 Å². The van der Waals surface area contributed by atoms with Crippen molar-refractivity contribution in [3.8, 4) is 0 Å². The Hall–Kier alpha value is -3.23. The molecule has 4 rings (SSSR count). The molecule has 0 unspecified atom stereocenters. The lowest BCUT2D eigenvalue weighted by molar-refractivity contribution is 0.0627. The summed E-state index contributed by atoms with van der Waals surface area (Å²) < 4.78 is 28.6. The van der Waals surface area contributed by atoms with Crippen molar-refractivity contribution in [1.82, 2.24) is 14.8 Å². The standard InChI is InChI=1S/C25H28N4O3S/c1-19-9-10-22(33(31,32)27-24-8-4-3-6-20(24)2)16-23(19)25(30)29-14-12-28(13-15-29)18-21-7-5-11-26-17-21/h3-11,16-17,27H,12-15,18H2,1-2H3. The van der Waals surface area contributed by atoms with Crippen molar-refractivity contribution in [2.75, 3.05) is 30.9 Å². The van der Waals surface area contributed by atoms with Crippen LogP contribution in [0.4, 0.5) is 5.69 Å². The number of nitrogens with one attached hydrogen (secondary N) is 1. The molecule has 33 heavy (non-hydrogen) atoms. The molecule has 0 atom stereocenters. The zero-order valence-electron chi connectivity index (χ0n) is 18.9. The number of sulfonamides is 1. The van der Waals surface area contributed by atoms with Crippen molar-refractivity contribution in [3.05, 3.63) is 89.2 Å². The van der Waals surface area contributed by atoms with E-state index in [1.165, 1.54) is 6.07 Å². The number of carbonyl (C=O) groups excluding carboxylic acids is 1. The molecular weight excluding hydrogens is 436 g/mol. The summed E-state index contributed by atoms with van der Waals surface area (Å²) in [4.78, 5) is 21.6. The second-order valence-electron chi connectivity index (χ2n) is 8.33. The Bertz CT molecular complexity index is 1240. The Morgan fingerprint density at radius 3 is 2.42 bits per heavy atom. The molecule has 0 spiro atoms. The van der Waals surface area contributed by atoms with Crippen LogP contribution in [0, 0.1) is 13.8 Å². The quantitative estimate of drug-likeness (QED) is 0.604. The smallest absolute Gasteiger partial charge is 0.261 e. The Labute approximate surface area is 195 Å². The summed E-state index contributed by atoms with van der Waals surface area (Å²) in [6.45, 7) is 7.17. The fourth-order valence-corrected chi connectivity index (χ4v) is 5.08. The second kappa shape index (κ2) is 9.72. The van der Waals surface area contributed by atoms with Gasteiger partial charge in [-0.15, -0.1) is 0 Å². The Morgan fingerprint density at radius 1 is 0.970 bits per heavy atom. The molecule has 0 bridgehead atoms. The van der Waals surface area contributed by atoms with E-state index in [-0.39, 0.29) is 10.8 Å². The molecule has 0 saturated carbocycles. The van der Waals surface area contributed by atoms with E-state index in [1.54, 1.807) is 35.4 Å². The minimum atomic E-state index is -3.82. The molecule has 0 radical (unpaired) electrons. The molecule has 1 fully saturated rings. The molecule has 2 aromatic carbocycles. The van der Waals surface area contributed by atoms with E-state index in [9.17, 15) is 13.2 Å². The van der Waals surface area contributed by atoms with Crippen LogP contribution in [0.2, 0.25) is 0 Å². The van der Waals surface area contributed by atoms with E-state index in [2.05, 4.69) is 14.6 Å². The summed E-state index contributed by atoms with van der Waals surface area (Å²) in [5, 5.41) is 0. The van der Waals surface area contributed by atoms with Gasteiger partial charge in [-0.25, -0.2) is 8.42 Å². The fourth-order valence-electron chi connectivity index (χ4n) is 3.92. The lowest BCUT2D eigenvalue weighted by Gasteiger charge is -2.35. The third kappa shape index (κ3) is 5.40. The number of pyridine rings is 1. The van der Waals surface area contributed by atoms with E-state index in [4.69, 9.17) is 0 Å². The number of para-hydroxylation sites is 1. The van der Waals surface area contributed by atoms with E-state index in [1.807, 2.05) is 44.3 Å². The molecule has 1 aliphatic rings. The van der Waals surface area contributed by atoms with E-state index in [0.717, 1.165) is 36.3 Å². The number of hydrogen-bond donors (Lipinski definition) is 1. The number of hydrogen-bond acceptors (Lipinski definition) is 5. The van der Waals surface area contributed by atoms with Gasteiger partial charge in [-0.1, -0.05) is 30.3 Å². The van der Waals surface area contributed by atoms with Crippen molar-refractivity contribution in [2.24, 2.45) is 0 Å². The number of piperazine rings is 1. The highest BCUT2D eigenvalue weighted by Crippen LogP contribution is 2.23. The van der Waals surface area contributed by atoms with Gasteiger partial charge < -0.3 is 4.90 Å². The first-order chi connectivity index (χ1) is 15.8. The van der Waals surface area contributed by atoms with Crippen molar-refractivity contribution >= 4 is 21.6 Å². The number of benzene rings is 2. The summed E-state index contributed by atoms with van der Waals surface area (Å²) in [7, 11) is -3.82. The second-order valence-corrected chi connectivity index (χ2v) is 10.0. The molecule has 3 aromatic rings. The maximum atomic E-state index is 13.3. The van der Waals surface area contributed by atoms with Crippen LogP contribution in [0.25, 0.3) is 0 Å². The van der Waals surface area contributed by atoms with Crippen LogP contribution in [0.5, 0.6) is 0 Å². The molecule has 1 amide bonds. The lowest BCUT2D eigenvalue weighted by atomic mass is 10.1. The molecule has 1 saturated heterocycles. The summed E-state index contributed by atoms with van der Waals surface area (Å²) in [6, 6.07) is 15.9. The Balaban J connectivity index is 1.46. The number of rotatable bonds is 6. The first kappa shape index (κ1) is 22.9. The van der Waals surface area contributed by atoms with Crippen LogP contribution >= 0.6 is 0 Å². The summed E-state index contributed by atoms with van der Waals surface area (Å²) in [5.41, 5.74) is 3.67. The summed E-state index contributed by atoms with van der Waals surface area (Å²) >= 11 is 0. The number of aromatic nitrogens is 1. The molecule has 7 nitrogen and oxygen atoms in total. The van der Waals surface area contributed by atoms with Gasteiger partial charge in [0, 0.05) is 50.7 Å². The van der Waals surface area contributed by atoms with Crippen molar-refractivity contribution < 1.29 is 13.2 Å². The van der Waals surface area contributed by atoms with Gasteiger partial charge in [0.2, 0.25) is 0 Å². The third-order valence-corrected chi connectivity index (χ3v) is 7.29. The molecule has 0 aliphatic carbocycles. The normalized spacial score (nSPS) is 14.8. The highest BCUT2D eigenvalue weighted by Gasteiger charge is 2.25. The molecule has 1 aromatic heterocycles. The fraction of sp³-hybridized carbons (Fsp3) is 0.280. The van der Waals surface area contributed by atoms with Crippen LogP contribution in [-0.2, 0) is 16.6 Å². The minimum Gasteiger partial charge on any atom is -0.336 e. The van der Waals surface area contributed by atoms with Gasteiger partial charge in [0.25, 0.3) is 15.9 Å². The monoisotopic (exact) mass is 464 g/mol. The van der Waals surface area contributed by atoms with Crippen molar-refractivity contribution in [2.45, 2.75) is 25.3 Å². The van der Waals surface area contributed by atoms with E-state index >= 15 is 0 Å². The lowest BCUT2D eigenvalue weighted by Crippen LogP contribution is -2.48. The predicted octanol–water partition coefficient (Wildman–Crippen LogP) is 3.46. The van der Waals surface area contributed by atoms with Crippen LogP contribution in [-0.4, -0.2) is 55.3 Å². The van der Waals surface area contributed by atoms with Gasteiger partial charge in [0.1, 0.15) is 0 Å². The van der Waals surface area contributed by atoms with Crippen LogP contribution < -0.4 is 4.72 Å². The molecule has 172 valence electrons. The van der Waals surface area contributed by atoms with Crippen LogP contribution in [0.3, 0.4) is 0 Å². The third-order valence-electron chi connectivity index (χ3n) is 5.93. The average molecular weight is 465 g/mol. The number of nitrogens with zero attached hydrogens (tertiary/aromatic N) is 3.